The fraction of sp³-hybridized carbons (Fsp3) is 0.500. The summed E-state index contributed by atoms with van der Waals surface area (Å²) in [6.07, 6.45) is 0.461. The Bertz CT molecular complexity index is 297. The number of hydrogen-bond acceptors (Lipinski definition) is 3. The van der Waals surface area contributed by atoms with Gasteiger partial charge in [-0.3, -0.25) is 4.90 Å². The Kier molecular flexibility index (Phi) is 5.22. The minimum Gasteiger partial charge on any atom is -0.392 e. The third kappa shape index (κ3) is 3.76. The number of piperidine rings is 1. The molecule has 1 aliphatic rings. The van der Waals surface area contributed by atoms with E-state index in [4.69, 9.17) is 5.73 Å². The maximum atomic E-state index is 9.61. The number of aliphatic hydroxyl groups excluding tert-OH is 1. The van der Waals surface area contributed by atoms with Crippen LogP contribution in [0.2, 0.25) is 0 Å². The molecule has 0 saturated carbocycles. The zero-order chi connectivity index (χ0) is 10.7. The summed E-state index contributed by atoms with van der Waals surface area (Å²) in [6.45, 7) is 2.50. The van der Waals surface area contributed by atoms with Crippen molar-refractivity contribution in [2.45, 2.75) is 25.1 Å². The Morgan fingerprint density at radius 2 is 1.94 bits per heavy atom. The lowest BCUT2D eigenvalue weighted by atomic mass is 10.0. The van der Waals surface area contributed by atoms with E-state index >= 15 is 0 Å². The van der Waals surface area contributed by atoms with Crippen LogP contribution in [0.4, 0.5) is 0 Å². The first-order valence-electron chi connectivity index (χ1n) is 5.44. The molecule has 2 unspecified atom stereocenters. The van der Waals surface area contributed by atoms with Gasteiger partial charge in [-0.15, -0.1) is 12.4 Å². The van der Waals surface area contributed by atoms with Crippen LogP contribution in [-0.2, 0) is 6.54 Å². The molecule has 0 radical (unpaired) electrons. The van der Waals surface area contributed by atoms with E-state index in [-0.39, 0.29) is 24.6 Å². The molecule has 1 saturated heterocycles. The molecular weight excluding hydrogens is 224 g/mol. The summed E-state index contributed by atoms with van der Waals surface area (Å²) in [5.74, 6) is 0. The zero-order valence-corrected chi connectivity index (χ0v) is 10.1. The van der Waals surface area contributed by atoms with Crippen molar-refractivity contribution >= 4 is 12.4 Å². The smallest absolute Gasteiger partial charge is 0.0682 e. The first-order valence-corrected chi connectivity index (χ1v) is 5.44. The monoisotopic (exact) mass is 242 g/mol. The second-order valence-corrected chi connectivity index (χ2v) is 4.33. The molecule has 4 heteroatoms. The number of β-amino-alcohol motifs (C(OH)–C–C–N with tert-alkyl or cyclic N) is 1. The van der Waals surface area contributed by atoms with Gasteiger partial charge in [0.1, 0.15) is 0 Å². The topological polar surface area (TPSA) is 49.5 Å². The standard InChI is InChI=1S/C12H18N2O.ClH/c13-11-6-12(15)9-14(8-11)7-10-4-2-1-3-5-10;/h1-5,11-12,15H,6-9,13H2;1H. The van der Waals surface area contributed by atoms with Gasteiger partial charge in [0.05, 0.1) is 6.10 Å². The van der Waals surface area contributed by atoms with Crippen molar-refractivity contribution in [1.82, 2.24) is 4.90 Å². The minimum absolute atomic E-state index is 0. The summed E-state index contributed by atoms with van der Waals surface area (Å²) in [6, 6.07) is 10.4. The van der Waals surface area contributed by atoms with E-state index in [0.717, 1.165) is 26.1 Å². The molecule has 2 atom stereocenters. The Balaban J connectivity index is 0.00000128. The van der Waals surface area contributed by atoms with E-state index in [1.54, 1.807) is 0 Å². The van der Waals surface area contributed by atoms with Crippen molar-refractivity contribution in [1.29, 1.82) is 0 Å². The van der Waals surface area contributed by atoms with Gasteiger partial charge in [0.2, 0.25) is 0 Å². The highest BCUT2D eigenvalue weighted by atomic mass is 35.5. The van der Waals surface area contributed by atoms with Gasteiger partial charge in [-0.25, -0.2) is 0 Å². The molecule has 0 aliphatic carbocycles. The molecule has 1 aromatic rings. The molecule has 90 valence electrons. The molecule has 1 heterocycles. The number of nitrogens with two attached hydrogens (primary N) is 1. The van der Waals surface area contributed by atoms with Gasteiger partial charge in [0.15, 0.2) is 0 Å². The zero-order valence-electron chi connectivity index (χ0n) is 9.25. The lowest BCUT2D eigenvalue weighted by Gasteiger charge is -2.33. The Hall–Kier alpha value is -0.610. The summed E-state index contributed by atoms with van der Waals surface area (Å²) in [5, 5.41) is 9.61. The number of nitrogens with zero attached hydrogens (tertiary/aromatic N) is 1. The summed E-state index contributed by atoms with van der Waals surface area (Å²) in [4.78, 5) is 2.22. The van der Waals surface area contributed by atoms with E-state index in [0.29, 0.717) is 0 Å². The fourth-order valence-corrected chi connectivity index (χ4v) is 2.17. The number of rotatable bonds is 2. The van der Waals surface area contributed by atoms with E-state index in [9.17, 15) is 5.11 Å². The molecule has 0 spiro atoms. The van der Waals surface area contributed by atoms with Crippen molar-refractivity contribution in [3.8, 4) is 0 Å². The largest absolute Gasteiger partial charge is 0.392 e. The fourth-order valence-electron chi connectivity index (χ4n) is 2.17. The lowest BCUT2D eigenvalue weighted by Crippen LogP contribution is -2.48. The Morgan fingerprint density at radius 3 is 2.56 bits per heavy atom. The van der Waals surface area contributed by atoms with Crippen LogP contribution in [0.15, 0.2) is 30.3 Å². The first-order chi connectivity index (χ1) is 7.24. The molecule has 0 bridgehead atoms. The van der Waals surface area contributed by atoms with E-state index in [1.807, 2.05) is 18.2 Å². The molecule has 0 amide bonds. The van der Waals surface area contributed by atoms with E-state index < -0.39 is 0 Å². The van der Waals surface area contributed by atoms with Crippen LogP contribution in [0, 0.1) is 0 Å². The third-order valence-electron chi connectivity index (χ3n) is 2.79. The average molecular weight is 243 g/mol. The van der Waals surface area contributed by atoms with Crippen LogP contribution in [0.3, 0.4) is 0 Å². The quantitative estimate of drug-likeness (QED) is 0.814. The second-order valence-electron chi connectivity index (χ2n) is 4.33. The summed E-state index contributed by atoms with van der Waals surface area (Å²) < 4.78 is 0. The van der Waals surface area contributed by atoms with Gasteiger partial charge in [-0.2, -0.15) is 0 Å². The summed E-state index contributed by atoms with van der Waals surface area (Å²) >= 11 is 0. The molecule has 1 aromatic carbocycles. The summed E-state index contributed by atoms with van der Waals surface area (Å²) in [5.41, 5.74) is 7.14. The molecule has 1 aliphatic heterocycles. The molecular formula is C12H19ClN2O. The third-order valence-corrected chi connectivity index (χ3v) is 2.79. The number of benzene rings is 1. The highest BCUT2D eigenvalue weighted by Crippen LogP contribution is 2.12. The average Bonchev–Trinajstić information content (AvgIpc) is 2.17. The van der Waals surface area contributed by atoms with Crippen molar-refractivity contribution in [3.63, 3.8) is 0 Å². The van der Waals surface area contributed by atoms with Crippen molar-refractivity contribution in [2.24, 2.45) is 5.73 Å². The molecule has 2 rings (SSSR count). The maximum absolute atomic E-state index is 9.61. The lowest BCUT2D eigenvalue weighted by molar-refractivity contribution is 0.0565. The van der Waals surface area contributed by atoms with Crippen molar-refractivity contribution < 1.29 is 5.11 Å². The van der Waals surface area contributed by atoms with Crippen LogP contribution in [0.25, 0.3) is 0 Å². The molecule has 0 aromatic heterocycles. The van der Waals surface area contributed by atoms with Crippen LogP contribution >= 0.6 is 12.4 Å². The predicted molar refractivity (Wildman–Crippen MR) is 67.6 cm³/mol. The molecule has 1 fully saturated rings. The maximum Gasteiger partial charge on any atom is 0.0682 e. The van der Waals surface area contributed by atoms with Crippen LogP contribution in [-0.4, -0.2) is 35.2 Å². The number of aliphatic hydroxyl groups is 1. The van der Waals surface area contributed by atoms with Crippen molar-refractivity contribution in [3.05, 3.63) is 35.9 Å². The van der Waals surface area contributed by atoms with Crippen LogP contribution < -0.4 is 5.73 Å². The Labute approximate surface area is 103 Å². The highest BCUT2D eigenvalue weighted by molar-refractivity contribution is 5.85. The van der Waals surface area contributed by atoms with Gasteiger partial charge in [-0.1, -0.05) is 30.3 Å². The second kappa shape index (κ2) is 6.21. The molecule has 3 N–H and O–H groups in total. The van der Waals surface area contributed by atoms with E-state index in [1.165, 1.54) is 5.56 Å². The summed E-state index contributed by atoms with van der Waals surface area (Å²) in [7, 11) is 0. The van der Waals surface area contributed by atoms with Crippen LogP contribution in [0.1, 0.15) is 12.0 Å². The van der Waals surface area contributed by atoms with Gasteiger partial charge >= 0.3 is 0 Å². The van der Waals surface area contributed by atoms with Gasteiger partial charge < -0.3 is 10.8 Å². The SMILES string of the molecule is Cl.NC1CC(O)CN(Cc2ccccc2)C1. The number of likely N-dealkylation sites (tertiary alicyclic amines) is 1. The number of halogens is 1. The van der Waals surface area contributed by atoms with Crippen LogP contribution in [0.5, 0.6) is 0 Å². The first kappa shape index (κ1) is 13.5. The van der Waals surface area contributed by atoms with Gasteiger partial charge in [0, 0.05) is 25.7 Å². The van der Waals surface area contributed by atoms with Crippen molar-refractivity contribution in [2.75, 3.05) is 13.1 Å². The van der Waals surface area contributed by atoms with Gasteiger partial charge in [-0.05, 0) is 12.0 Å². The predicted octanol–water partition coefficient (Wildman–Crippen LogP) is 1.00. The van der Waals surface area contributed by atoms with E-state index in [2.05, 4.69) is 17.0 Å². The molecule has 3 nitrogen and oxygen atoms in total. The molecule has 16 heavy (non-hydrogen) atoms. The Morgan fingerprint density at radius 1 is 1.25 bits per heavy atom. The normalized spacial score (nSPS) is 26.1. The number of hydrogen-bond donors (Lipinski definition) is 2. The highest BCUT2D eigenvalue weighted by Gasteiger charge is 2.22. The minimum atomic E-state index is -0.266. The van der Waals surface area contributed by atoms with Gasteiger partial charge in [0.25, 0.3) is 0 Å².